The Balaban J connectivity index is 1.81. The number of hydrogen-bond acceptors (Lipinski definition) is 10. The second-order valence-electron chi connectivity index (χ2n) is 16.1. The van der Waals surface area contributed by atoms with Crippen LogP contribution in [-0.2, 0) is 28.7 Å². The minimum Gasteiger partial charge on any atom is -0.508 e. The number of carbonyl (C=O) groups is 5. The average molecular weight is 665 g/mol. The molecule has 0 radical (unpaired) electrons. The van der Waals surface area contributed by atoms with Gasteiger partial charge in [0.2, 0.25) is 5.78 Å². The van der Waals surface area contributed by atoms with E-state index in [9.17, 15) is 44.4 Å². The molecule has 4 N–H and O–H groups in total. The number of benzene rings is 1. The Kier molecular flexibility index (Phi) is 8.43. The van der Waals surface area contributed by atoms with Gasteiger partial charge in [0, 0.05) is 34.7 Å². The molecule has 260 valence electrons. The highest BCUT2D eigenvalue weighted by atomic mass is 16.6. The predicted molar refractivity (Wildman–Crippen MR) is 176 cm³/mol. The molecule has 0 saturated heterocycles. The number of phenols is 1. The number of fused-ring (bicyclic) bond motifs is 3. The highest BCUT2D eigenvalue weighted by Gasteiger charge is 2.77. The normalized spacial score (nSPS) is 34.9. The summed E-state index contributed by atoms with van der Waals surface area (Å²) >= 11 is 0. The molecule has 0 spiro atoms. The van der Waals surface area contributed by atoms with Gasteiger partial charge in [-0.1, -0.05) is 53.2 Å². The molecule has 1 aromatic carbocycles. The number of aliphatic hydroxyl groups excluding tert-OH is 2. The first kappa shape index (κ1) is 35.5. The third kappa shape index (κ3) is 4.65. The number of esters is 1. The van der Waals surface area contributed by atoms with Crippen molar-refractivity contribution in [1.82, 2.24) is 0 Å². The van der Waals surface area contributed by atoms with Crippen LogP contribution in [0.1, 0.15) is 105 Å². The molecule has 0 aromatic heterocycles. The van der Waals surface area contributed by atoms with Crippen LogP contribution in [0.3, 0.4) is 0 Å². The summed E-state index contributed by atoms with van der Waals surface area (Å²) in [5.41, 5.74) is -7.47. The third-order valence-corrected chi connectivity index (χ3v) is 12.1. The van der Waals surface area contributed by atoms with Crippen molar-refractivity contribution in [2.24, 2.45) is 40.4 Å². The molecule has 8 atom stereocenters. The topological polar surface area (TPSA) is 175 Å². The second kappa shape index (κ2) is 11.4. The molecular weight excluding hydrogens is 616 g/mol. The zero-order chi connectivity index (χ0) is 36.0. The molecule has 48 heavy (non-hydrogen) atoms. The van der Waals surface area contributed by atoms with Crippen molar-refractivity contribution in [1.29, 1.82) is 0 Å². The molecule has 4 aliphatic rings. The van der Waals surface area contributed by atoms with Gasteiger partial charge in [-0.3, -0.25) is 24.0 Å². The fourth-order valence-corrected chi connectivity index (χ4v) is 9.87. The van der Waals surface area contributed by atoms with Gasteiger partial charge in [-0.2, -0.15) is 0 Å². The number of Topliss-reactive ketones (excluding diaryl/α,β-unsaturated/α-hetero) is 4. The molecule has 0 bridgehead atoms. The zero-order valence-electron chi connectivity index (χ0n) is 29.3. The van der Waals surface area contributed by atoms with Gasteiger partial charge >= 0.3 is 5.97 Å². The first-order chi connectivity index (χ1) is 22.1. The van der Waals surface area contributed by atoms with E-state index in [1.165, 1.54) is 13.0 Å². The molecule has 0 aliphatic heterocycles. The van der Waals surface area contributed by atoms with Gasteiger partial charge in [-0.05, 0) is 69.9 Å². The van der Waals surface area contributed by atoms with Crippen molar-refractivity contribution < 1.29 is 49.1 Å². The van der Waals surface area contributed by atoms with Crippen LogP contribution in [0.4, 0.5) is 0 Å². The minimum atomic E-state index is -2.90. The molecule has 4 aliphatic carbocycles. The lowest BCUT2D eigenvalue weighted by Gasteiger charge is -2.65. The van der Waals surface area contributed by atoms with Crippen molar-refractivity contribution in [3.05, 3.63) is 46.2 Å². The van der Waals surface area contributed by atoms with Crippen molar-refractivity contribution >= 4 is 34.9 Å². The molecule has 0 heterocycles. The van der Waals surface area contributed by atoms with E-state index in [1.54, 1.807) is 60.6 Å². The predicted octanol–water partition coefficient (Wildman–Crippen LogP) is 5.69. The maximum Gasteiger partial charge on any atom is 0.310 e. The van der Waals surface area contributed by atoms with E-state index in [0.717, 1.165) is 6.92 Å². The largest absolute Gasteiger partial charge is 0.508 e. The first-order valence-electron chi connectivity index (χ1n) is 16.9. The van der Waals surface area contributed by atoms with Crippen LogP contribution in [0.5, 0.6) is 5.75 Å². The van der Waals surface area contributed by atoms with Crippen molar-refractivity contribution in [3.63, 3.8) is 0 Å². The minimum absolute atomic E-state index is 0.00792. The molecule has 10 heteroatoms. The lowest BCUT2D eigenvalue weighted by molar-refractivity contribution is -0.200. The summed E-state index contributed by atoms with van der Waals surface area (Å²) in [6, 6.07) is 4.67. The Labute approximate surface area is 281 Å². The summed E-state index contributed by atoms with van der Waals surface area (Å²) in [4.78, 5) is 69.9. The van der Waals surface area contributed by atoms with E-state index in [2.05, 4.69) is 0 Å². The van der Waals surface area contributed by atoms with Crippen molar-refractivity contribution in [2.75, 3.05) is 0 Å². The average Bonchev–Trinajstić information content (AvgIpc) is 3.46. The van der Waals surface area contributed by atoms with Crippen LogP contribution < -0.4 is 0 Å². The molecule has 1 aromatic rings. The number of ether oxygens (including phenoxy) is 1. The maximum absolute atomic E-state index is 14.9. The van der Waals surface area contributed by atoms with Crippen molar-refractivity contribution in [2.45, 2.75) is 105 Å². The molecule has 0 amide bonds. The lowest BCUT2D eigenvalue weighted by Crippen LogP contribution is -2.73. The fraction of sp³-hybridized carbons (Fsp3) is 0.605. The zero-order valence-corrected chi connectivity index (χ0v) is 29.3. The molecule has 5 rings (SSSR count). The molecule has 2 fully saturated rings. The van der Waals surface area contributed by atoms with Gasteiger partial charge in [0.15, 0.2) is 17.2 Å². The number of hydrogen-bond donors (Lipinski definition) is 4. The Hall–Kier alpha value is -3.79. The van der Waals surface area contributed by atoms with Crippen LogP contribution >= 0.6 is 0 Å². The number of allylic oxidation sites excluding steroid dienone is 1. The molecular formula is C38H48O10. The highest BCUT2D eigenvalue weighted by Crippen LogP contribution is 2.71. The van der Waals surface area contributed by atoms with E-state index in [0.29, 0.717) is 24.8 Å². The van der Waals surface area contributed by atoms with Gasteiger partial charge in [0.1, 0.15) is 34.2 Å². The maximum atomic E-state index is 14.9. The molecule has 3 unspecified atom stereocenters. The quantitative estimate of drug-likeness (QED) is 0.218. The van der Waals surface area contributed by atoms with Gasteiger partial charge < -0.3 is 25.2 Å². The number of phenolic OH excluding ortho intramolecular Hbond substituents is 1. The first-order valence-corrected chi connectivity index (χ1v) is 16.9. The SMILES string of the molecule is CC(=O)C1=C(O)[C@]2(O)C(=O)C3=C(O)c4c(O)cccc4[C@@H](C)[C@]3(C)[C@@H](CC(=O)C3CCCC3C(=O)OC(C)(C)C)[C@]2(C)C(C(C)C)C1=O. The Morgan fingerprint density at radius 3 is 2.19 bits per heavy atom. The van der Waals surface area contributed by atoms with E-state index in [1.807, 2.05) is 0 Å². The smallest absolute Gasteiger partial charge is 0.310 e. The van der Waals surface area contributed by atoms with Gasteiger partial charge in [-0.25, -0.2) is 0 Å². The Morgan fingerprint density at radius 2 is 1.62 bits per heavy atom. The van der Waals surface area contributed by atoms with Gasteiger partial charge in [0.25, 0.3) is 0 Å². The molecule has 2 saturated carbocycles. The number of rotatable bonds is 6. The molecule has 10 nitrogen and oxygen atoms in total. The summed E-state index contributed by atoms with van der Waals surface area (Å²) < 4.78 is 5.67. The highest BCUT2D eigenvalue weighted by molar-refractivity contribution is 6.24. The summed E-state index contributed by atoms with van der Waals surface area (Å²) in [6.07, 6.45) is 1.15. The number of carbonyl (C=O) groups excluding carboxylic acids is 5. The van der Waals surface area contributed by atoms with Crippen LogP contribution in [0.15, 0.2) is 35.1 Å². The lowest BCUT2D eigenvalue weighted by atomic mass is 9.37. The number of ketones is 4. The summed E-state index contributed by atoms with van der Waals surface area (Å²) in [7, 11) is 0. The van der Waals surface area contributed by atoms with Crippen LogP contribution in [0, 0.1) is 40.4 Å². The Bertz CT molecular complexity index is 1690. The van der Waals surface area contributed by atoms with Crippen LogP contribution in [-0.4, -0.2) is 60.7 Å². The summed E-state index contributed by atoms with van der Waals surface area (Å²) in [5, 5.41) is 47.2. The van der Waals surface area contributed by atoms with Gasteiger partial charge in [-0.15, -0.1) is 0 Å². The van der Waals surface area contributed by atoms with E-state index in [-0.39, 0.29) is 29.1 Å². The monoisotopic (exact) mass is 664 g/mol. The van der Waals surface area contributed by atoms with Crippen molar-refractivity contribution in [3.8, 4) is 5.75 Å². The van der Waals surface area contributed by atoms with E-state index < -0.39 is 97.9 Å². The third-order valence-electron chi connectivity index (χ3n) is 12.1. The number of aliphatic hydroxyl groups is 3. The van der Waals surface area contributed by atoms with Crippen LogP contribution in [0.2, 0.25) is 0 Å². The van der Waals surface area contributed by atoms with E-state index in [4.69, 9.17) is 4.74 Å². The Morgan fingerprint density at radius 1 is 1.02 bits per heavy atom. The standard InChI is InChI=1S/C38H48O10/c1-17(2)28-30(42)26(19(4)39)32(44)38(47)33(45)29-31(43)27-20(12-11-15-23(27)40)18(3)36(29,8)25(37(28,38)9)16-24(41)21-13-10-14-22(21)34(46)48-35(5,6)7/h11-12,15,17-18,21-22,25,28,40,43-44,47H,10,13-14,16H2,1-9H3/t18-,21?,22?,25-,28?,36-,37-,38+/m1/s1. The fourth-order valence-electron chi connectivity index (χ4n) is 9.87. The van der Waals surface area contributed by atoms with Crippen LogP contribution in [0.25, 0.3) is 5.76 Å². The second-order valence-corrected chi connectivity index (χ2v) is 16.1. The summed E-state index contributed by atoms with van der Waals surface area (Å²) in [6.45, 7) is 14.8. The van der Waals surface area contributed by atoms with Gasteiger partial charge in [0.05, 0.1) is 11.5 Å². The number of aromatic hydroxyl groups is 1. The summed E-state index contributed by atoms with van der Waals surface area (Å²) in [5.74, 6) is -10.5. The van der Waals surface area contributed by atoms with E-state index >= 15 is 0 Å².